The molecule has 2 aromatic carbocycles. The van der Waals surface area contributed by atoms with Gasteiger partial charge in [0.05, 0.1) is 5.92 Å². The van der Waals surface area contributed by atoms with Gasteiger partial charge in [0.1, 0.15) is 0 Å². The minimum absolute atomic E-state index is 0.267. The molecular formula is C19H18BrF3. The Morgan fingerprint density at radius 2 is 1.57 bits per heavy atom. The number of allylic oxidation sites excluding steroid dienone is 1. The van der Waals surface area contributed by atoms with Crippen molar-refractivity contribution < 1.29 is 13.2 Å². The molecule has 0 aliphatic carbocycles. The van der Waals surface area contributed by atoms with Gasteiger partial charge < -0.3 is 0 Å². The summed E-state index contributed by atoms with van der Waals surface area (Å²) in [4.78, 5) is 0. The van der Waals surface area contributed by atoms with Gasteiger partial charge >= 0.3 is 6.18 Å². The Labute approximate surface area is 143 Å². The molecule has 0 aromatic heterocycles. The van der Waals surface area contributed by atoms with Crippen LogP contribution in [0.3, 0.4) is 0 Å². The minimum Gasteiger partial charge on any atom is -0.170 e. The molecule has 0 fully saturated rings. The number of halogens is 4. The average molecular weight is 383 g/mol. The van der Waals surface area contributed by atoms with E-state index in [9.17, 15) is 13.2 Å². The van der Waals surface area contributed by atoms with E-state index in [1.165, 1.54) is 12.2 Å². The van der Waals surface area contributed by atoms with Crippen LogP contribution in [0.15, 0.2) is 46.9 Å². The van der Waals surface area contributed by atoms with Crippen LogP contribution in [0.5, 0.6) is 0 Å². The lowest BCUT2D eigenvalue weighted by atomic mass is 9.94. The lowest BCUT2D eigenvalue weighted by molar-refractivity contribution is -0.139. The highest BCUT2D eigenvalue weighted by Crippen LogP contribution is 2.37. The summed E-state index contributed by atoms with van der Waals surface area (Å²) >= 11 is 3.40. The standard InChI is InChI=1S/C19H18BrF3/c1-12-5-8-16(10-14(12)3)17(19(21,22)23)9-7-15-6-4-13(2)18(20)11-15/h4-11,17H,1-3H3/b9-7+. The zero-order chi connectivity index (χ0) is 17.2. The molecular weight excluding hydrogens is 365 g/mol. The van der Waals surface area contributed by atoms with Gasteiger partial charge in [-0.05, 0) is 54.7 Å². The van der Waals surface area contributed by atoms with Gasteiger partial charge in [0.15, 0.2) is 0 Å². The molecule has 0 nitrogen and oxygen atoms in total. The number of alkyl halides is 3. The van der Waals surface area contributed by atoms with Crippen LogP contribution < -0.4 is 0 Å². The van der Waals surface area contributed by atoms with E-state index in [4.69, 9.17) is 0 Å². The summed E-state index contributed by atoms with van der Waals surface area (Å²) in [5.41, 5.74) is 3.90. The fourth-order valence-corrected chi connectivity index (χ4v) is 2.68. The van der Waals surface area contributed by atoms with E-state index in [-0.39, 0.29) is 5.56 Å². The van der Waals surface area contributed by atoms with Crippen molar-refractivity contribution in [2.45, 2.75) is 32.9 Å². The van der Waals surface area contributed by atoms with Gasteiger partial charge in [0.2, 0.25) is 0 Å². The van der Waals surface area contributed by atoms with E-state index in [2.05, 4.69) is 15.9 Å². The maximum absolute atomic E-state index is 13.4. The molecule has 0 saturated heterocycles. The second kappa shape index (κ2) is 6.91. The summed E-state index contributed by atoms with van der Waals surface area (Å²) in [5, 5.41) is 0. The van der Waals surface area contributed by atoms with E-state index in [1.807, 2.05) is 39.0 Å². The van der Waals surface area contributed by atoms with Crippen LogP contribution in [-0.4, -0.2) is 6.18 Å². The van der Waals surface area contributed by atoms with E-state index in [1.54, 1.807) is 18.2 Å². The molecule has 23 heavy (non-hydrogen) atoms. The third-order valence-electron chi connectivity index (χ3n) is 3.92. The molecule has 0 spiro atoms. The van der Waals surface area contributed by atoms with E-state index < -0.39 is 12.1 Å². The molecule has 122 valence electrons. The summed E-state index contributed by atoms with van der Waals surface area (Å²) in [6, 6.07) is 10.4. The summed E-state index contributed by atoms with van der Waals surface area (Å²) < 4.78 is 41.2. The maximum Gasteiger partial charge on any atom is 0.399 e. The van der Waals surface area contributed by atoms with Gasteiger partial charge in [-0.2, -0.15) is 13.2 Å². The van der Waals surface area contributed by atoms with Crippen molar-refractivity contribution in [2.24, 2.45) is 0 Å². The number of hydrogen-bond donors (Lipinski definition) is 0. The molecule has 2 aromatic rings. The molecule has 0 aliphatic heterocycles. The topological polar surface area (TPSA) is 0 Å². The predicted molar refractivity (Wildman–Crippen MR) is 92.6 cm³/mol. The molecule has 4 heteroatoms. The Morgan fingerprint density at radius 3 is 2.13 bits per heavy atom. The van der Waals surface area contributed by atoms with E-state index >= 15 is 0 Å². The fourth-order valence-electron chi connectivity index (χ4n) is 2.29. The Hall–Kier alpha value is -1.55. The van der Waals surface area contributed by atoms with E-state index in [0.717, 1.165) is 26.7 Å². The first-order valence-corrected chi connectivity index (χ1v) is 8.06. The molecule has 0 saturated carbocycles. The third-order valence-corrected chi connectivity index (χ3v) is 4.77. The van der Waals surface area contributed by atoms with Crippen molar-refractivity contribution >= 4 is 22.0 Å². The molecule has 0 bridgehead atoms. The second-order valence-corrected chi connectivity index (χ2v) is 6.59. The van der Waals surface area contributed by atoms with Gasteiger partial charge in [-0.1, -0.05) is 58.4 Å². The highest BCUT2D eigenvalue weighted by Gasteiger charge is 2.38. The normalized spacial score (nSPS) is 13.5. The minimum atomic E-state index is -4.32. The quantitative estimate of drug-likeness (QED) is 0.551. The van der Waals surface area contributed by atoms with Crippen LogP contribution in [0.25, 0.3) is 6.08 Å². The first-order chi connectivity index (χ1) is 10.7. The number of hydrogen-bond acceptors (Lipinski definition) is 0. The molecule has 0 amide bonds. The summed E-state index contributed by atoms with van der Waals surface area (Å²) in [6.45, 7) is 5.65. The second-order valence-electron chi connectivity index (χ2n) is 5.73. The van der Waals surface area contributed by atoms with Crippen LogP contribution in [0, 0.1) is 20.8 Å². The van der Waals surface area contributed by atoms with Crippen molar-refractivity contribution in [1.82, 2.24) is 0 Å². The van der Waals surface area contributed by atoms with Crippen molar-refractivity contribution in [3.8, 4) is 0 Å². The Balaban J connectivity index is 2.37. The fraction of sp³-hybridized carbons (Fsp3) is 0.263. The monoisotopic (exact) mass is 382 g/mol. The molecule has 0 N–H and O–H groups in total. The van der Waals surface area contributed by atoms with Gasteiger partial charge in [-0.3, -0.25) is 0 Å². The van der Waals surface area contributed by atoms with Crippen LogP contribution in [0.4, 0.5) is 13.2 Å². The highest BCUT2D eigenvalue weighted by atomic mass is 79.9. The molecule has 1 unspecified atom stereocenters. The molecule has 2 rings (SSSR count). The van der Waals surface area contributed by atoms with Gasteiger partial charge in [0.25, 0.3) is 0 Å². The van der Waals surface area contributed by atoms with Crippen molar-refractivity contribution in [3.63, 3.8) is 0 Å². The van der Waals surface area contributed by atoms with E-state index in [0.29, 0.717) is 0 Å². The first-order valence-electron chi connectivity index (χ1n) is 7.26. The van der Waals surface area contributed by atoms with Crippen molar-refractivity contribution in [3.05, 3.63) is 74.8 Å². The van der Waals surface area contributed by atoms with Gasteiger partial charge in [-0.15, -0.1) is 0 Å². The molecule has 0 radical (unpaired) electrons. The first kappa shape index (κ1) is 17.8. The van der Waals surface area contributed by atoms with Crippen LogP contribution in [0.1, 0.15) is 33.7 Å². The Morgan fingerprint density at radius 1 is 0.913 bits per heavy atom. The number of rotatable bonds is 3. The summed E-state index contributed by atoms with van der Waals surface area (Å²) in [7, 11) is 0. The molecule has 1 atom stereocenters. The smallest absolute Gasteiger partial charge is 0.170 e. The predicted octanol–water partition coefficient (Wildman–Crippen LogP) is 6.73. The maximum atomic E-state index is 13.4. The summed E-state index contributed by atoms with van der Waals surface area (Å²) in [5.74, 6) is -1.61. The zero-order valence-corrected chi connectivity index (χ0v) is 14.8. The van der Waals surface area contributed by atoms with Gasteiger partial charge in [0, 0.05) is 4.47 Å². The molecule has 0 aliphatic rings. The summed E-state index contributed by atoms with van der Waals surface area (Å²) in [6.07, 6.45) is -1.57. The third kappa shape index (κ3) is 4.47. The Bertz CT molecular complexity index is 730. The van der Waals surface area contributed by atoms with Crippen molar-refractivity contribution in [1.29, 1.82) is 0 Å². The molecule has 0 heterocycles. The largest absolute Gasteiger partial charge is 0.399 e. The van der Waals surface area contributed by atoms with Gasteiger partial charge in [-0.25, -0.2) is 0 Å². The highest BCUT2D eigenvalue weighted by molar-refractivity contribution is 9.10. The van der Waals surface area contributed by atoms with Crippen LogP contribution in [0.2, 0.25) is 0 Å². The zero-order valence-electron chi connectivity index (χ0n) is 13.2. The van der Waals surface area contributed by atoms with Crippen LogP contribution in [-0.2, 0) is 0 Å². The Kier molecular flexibility index (Phi) is 5.35. The SMILES string of the molecule is Cc1ccc(C(/C=C/c2ccc(C)c(Br)c2)C(F)(F)F)cc1C. The lowest BCUT2D eigenvalue weighted by Crippen LogP contribution is -2.19. The van der Waals surface area contributed by atoms with Crippen molar-refractivity contribution in [2.75, 3.05) is 0 Å². The number of aryl methyl sites for hydroxylation is 3. The number of benzene rings is 2. The average Bonchev–Trinajstić information content (AvgIpc) is 2.45. The lowest BCUT2D eigenvalue weighted by Gasteiger charge is -2.18. The van der Waals surface area contributed by atoms with Crippen LogP contribution >= 0.6 is 15.9 Å².